The van der Waals surface area contributed by atoms with Crippen LogP contribution in [0.5, 0.6) is 5.75 Å². The van der Waals surface area contributed by atoms with Gasteiger partial charge in [0, 0.05) is 21.2 Å². The Morgan fingerprint density at radius 1 is 1.10 bits per heavy atom. The number of aliphatic hydroxyl groups is 1. The van der Waals surface area contributed by atoms with Crippen molar-refractivity contribution in [3.63, 3.8) is 0 Å². The van der Waals surface area contributed by atoms with Gasteiger partial charge in [-0.25, -0.2) is 0 Å². The highest BCUT2D eigenvalue weighted by atomic mass is 35.5. The number of hydrogen-bond donors (Lipinski definition) is 1. The van der Waals surface area contributed by atoms with Crippen LogP contribution in [0.3, 0.4) is 0 Å². The number of halogens is 1. The Balaban J connectivity index is 1.93. The standard InChI is InChI=1S/C24H20ClNO4S/c1-13-6-7-15(12-18(13)25)26-21(19-5-4-10-31-19)20(23(28)24(26)29)22(27)17-9-8-16(30-3)11-14(17)2/h4-12,21,27H,1-3H3/b22-20-. The van der Waals surface area contributed by atoms with Crippen LogP contribution < -0.4 is 9.64 Å². The van der Waals surface area contributed by atoms with Crippen LogP contribution in [0.15, 0.2) is 59.5 Å². The van der Waals surface area contributed by atoms with Gasteiger partial charge in [0.1, 0.15) is 17.6 Å². The maximum Gasteiger partial charge on any atom is 0.300 e. The van der Waals surface area contributed by atoms with E-state index in [0.717, 1.165) is 16.0 Å². The summed E-state index contributed by atoms with van der Waals surface area (Å²) in [4.78, 5) is 28.4. The number of amides is 1. The number of benzene rings is 2. The lowest BCUT2D eigenvalue weighted by Gasteiger charge is -2.24. The molecule has 2 heterocycles. The SMILES string of the molecule is COc1ccc(/C(O)=C2/C(=O)C(=O)N(c3ccc(C)c(Cl)c3)C2c2cccs2)c(C)c1. The number of anilines is 1. The van der Waals surface area contributed by atoms with Crippen LogP contribution in [0.1, 0.15) is 27.6 Å². The van der Waals surface area contributed by atoms with E-state index in [4.69, 9.17) is 16.3 Å². The second-order valence-corrected chi connectivity index (χ2v) is 8.69. The van der Waals surface area contributed by atoms with E-state index in [1.165, 1.54) is 16.2 Å². The number of rotatable bonds is 4. The predicted molar refractivity (Wildman–Crippen MR) is 123 cm³/mol. The number of thiophene rings is 1. The summed E-state index contributed by atoms with van der Waals surface area (Å²) in [6, 6.07) is 13.3. The van der Waals surface area contributed by atoms with Crippen molar-refractivity contribution in [1.82, 2.24) is 0 Å². The molecule has 1 amide bonds. The number of methoxy groups -OCH3 is 1. The third kappa shape index (κ3) is 3.62. The highest BCUT2D eigenvalue weighted by molar-refractivity contribution is 7.10. The molecule has 31 heavy (non-hydrogen) atoms. The van der Waals surface area contributed by atoms with Crippen molar-refractivity contribution >= 4 is 46.1 Å². The quantitative estimate of drug-likeness (QED) is 0.315. The van der Waals surface area contributed by atoms with Gasteiger partial charge in [0.25, 0.3) is 11.7 Å². The number of ether oxygens (including phenoxy) is 1. The zero-order valence-corrected chi connectivity index (χ0v) is 18.8. The summed E-state index contributed by atoms with van der Waals surface area (Å²) >= 11 is 7.71. The van der Waals surface area contributed by atoms with Crippen LogP contribution in [-0.4, -0.2) is 23.9 Å². The topological polar surface area (TPSA) is 66.8 Å². The minimum atomic E-state index is -0.750. The highest BCUT2D eigenvalue weighted by Crippen LogP contribution is 2.44. The zero-order valence-electron chi connectivity index (χ0n) is 17.2. The maximum atomic E-state index is 13.1. The number of aryl methyl sites for hydroxylation is 2. The third-order valence-corrected chi connectivity index (χ3v) is 6.71. The lowest BCUT2D eigenvalue weighted by molar-refractivity contribution is -0.132. The van der Waals surface area contributed by atoms with E-state index in [2.05, 4.69) is 0 Å². The summed E-state index contributed by atoms with van der Waals surface area (Å²) in [6.07, 6.45) is 0. The van der Waals surface area contributed by atoms with Gasteiger partial charge in [0.15, 0.2) is 0 Å². The summed E-state index contributed by atoms with van der Waals surface area (Å²) in [6.45, 7) is 3.68. The van der Waals surface area contributed by atoms with E-state index in [1.807, 2.05) is 31.4 Å². The summed E-state index contributed by atoms with van der Waals surface area (Å²) in [5.74, 6) is -1.01. The van der Waals surface area contributed by atoms with E-state index < -0.39 is 17.7 Å². The molecular weight excluding hydrogens is 434 g/mol. The molecule has 4 rings (SSSR count). The smallest absolute Gasteiger partial charge is 0.300 e. The fraction of sp³-hybridized carbons (Fsp3) is 0.167. The summed E-state index contributed by atoms with van der Waals surface area (Å²) in [5.41, 5.74) is 2.62. The van der Waals surface area contributed by atoms with Crippen molar-refractivity contribution in [3.8, 4) is 5.75 Å². The number of hydrogen-bond acceptors (Lipinski definition) is 5. The first-order valence-corrected chi connectivity index (χ1v) is 10.8. The first kappa shape index (κ1) is 21.2. The van der Waals surface area contributed by atoms with Gasteiger partial charge in [-0.3, -0.25) is 14.5 Å². The minimum Gasteiger partial charge on any atom is -0.507 e. The Morgan fingerprint density at radius 3 is 2.48 bits per heavy atom. The Labute approximate surface area is 189 Å². The predicted octanol–water partition coefficient (Wildman–Crippen LogP) is 5.65. The number of Topliss-reactive ketones (excluding diaryl/α,β-unsaturated/α-hetero) is 1. The molecule has 1 fully saturated rings. The average molecular weight is 454 g/mol. The molecule has 7 heteroatoms. The Morgan fingerprint density at radius 2 is 1.87 bits per heavy atom. The first-order chi connectivity index (χ1) is 14.8. The first-order valence-electron chi connectivity index (χ1n) is 9.59. The largest absolute Gasteiger partial charge is 0.507 e. The minimum absolute atomic E-state index is 0.0532. The molecule has 0 bridgehead atoms. The molecule has 1 aliphatic rings. The summed E-state index contributed by atoms with van der Waals surface area (Å²) < 4.78 is 5.23. The zero-order chi connectivity index (χ0) is 22.3. The second kappa shape index (κ2) is 8.21. The Kier molecular flexibility index (Phi) is 5.60. The Bertz CT molecular complexity index is 1220. The van der Waals surface area contributed by atoms with Crippen molar-refractivity contribution in [1.29, 1.82) is 0 Å². The van der Waals surface area contributed by atoms with Gasteiger partial charge in [-0.2, -0.15) is 0 Å². The molecule has 2 aromatic carbocycles. The highest BCUT2D eigenvalue weighted by Gasteiger charge is 2.47. The van der Waals surface area contributed by atoms with Gasteiger partial charge in [-0.1, -0.05) is 23.7 Å². The number of nitrogens with zero attached hydrogens (tertiary/aromatic N) is 1. The molecule has 0 aliphatic carbocycles. The van der Waals surface area contributed by atoms with Crippen LogP contribution in [0, 0.1) is 13.8 Å². The van der Waals surface area contributed by atoms with Gasteiger partial charge in [-0.15, -0.1) is 11.3 Å². The molecule has 0 spiro atoms. The van der Waals surface area contributed by atoms with Gasteiger partial charge in [-0.05, 0) is 66.8 Å². The normalized spacial score (nSPS) is 17.9. The summed E-state index contributed by atoms with van der Waals surface area (Å²) in [7, 11) is 1.56. The maximum absolute atomic E-state index is 13.1. The number of ketones is 1. The number of carbonyl (C=O) groups excluding carboxylic acids is 2. The second-order valence-electron chi connectivity index (χ2n) is 7.30. The Hall–Kier alpha value is -3.09. The van der Waals surface area contributed by atoms with Crippen molar-refractivity contribution < 1.29 is 19.4 Å². The van der Waals surface area contributed by atoms with Crippen LogP contribution in [-0.2, 0) is 9.59 Å². The number of carbonyl (C=O) groups is 2. The van der Waals surface area contributed by atoms with Gasteiger partial charge in [0.2, 0.25) is 0 Å². The van der Waals surface area contributed by atoms with E-state index in [1.54, 1.807) is 43.5 Å². The average Bonchev–Trinajstić information content (AvgIpc) is 3.37. The molecule has 3 aromatic rings. The van der Waals surface area contributed by atoms with Crippen LogP contribution >= 0.6 is 22.9 Å². The monoisotopic (exact) mass is 453 g/mol. The van der Waals surface area contributed by atoms with Gasteiger partial charge in [0.05, 0.1) is 12.7 Å². The molecular formula is C24H20ClNO4S. The molecule has 1 N–H and O–H groups in total. The van der Waals surface area contributed by atoms with Crippen LogP contribution in [0.2, 0.25) is 5.02 Å². The molecule has 158 valence electrons. The third-order valence-electron chi connectivity index (χ3n) is 5.38. The van der Waals surface area contributed by atoms with Crippen LogP contribution in [0.25, 0.3) is 5.76 Å². The summed E-state index contributed by atoms with van der Waals surface area (Å²) in [5, 5.41) is 13.6. The molecule has 0 saturated carbocycles. The molecule has 1 aromatic heterocycles. The van der Waals surface area contributed by atoms with E-state index in [0.29, 0.717) is 22.0 Å². The van der Waals surface area contributed by atoms with E-state index in [-0.39, 0.29) is 11.3 Å². The molecule has 5 nitrogen and oxygen atoms in total. The molecule has 1 saturated heterocycles. The molecule has 0 radical (unpaired) electrons. The van der Waals surface area contributed by atoms with Crippen molar-refractivity contribution in [3.05, 3.63) is 86.1 Å². The molecule has 1 atom stereocenters. The van der Waals surface area contributed by atoms with Crippen molar-refractivity contribution in [2.24, 2.45) is 0 Å². The van der Waals surface area contributed by atoms with Crippen molar-refractivity contribution in [2.45, 2.75) is 19.9 Å². The van der Waals surface area contributed by atoms with Crippen LogP contribution in [0.4, 0.5) is 5.69 Å². The molecule has 1 aliphatic heterocycles. The van der Waals surface area contributed by atoms with Crippen molar-refractivity contribution in [2.75, 3.05) is 12.0 Å². The lowest BCUT2D eigenvalue weighted by atomic mass is 9.97. The molecule has 1 unspecified atom stereocenters. The van der Waals surface area contributed by atoms with Gasteiger partial charge >= 0.3 is 0 Å². The van der Waals surface area contributed by atoms with Gasteiger partial charge < -0.3 is 9.84 Å². The number of aliphatic hydroxyl groups excluding tert-OH is 1. The van der Waals surface area contributed by atoms with E-state index >= 15 is 0 Å². The fourth-order valence-electron chi connectivity index (χ4n) is 3.72. The fourth-order valence-corrected chi connectivity index (χ4v) is 4.72. The lowest BCUT2D eigenvalue weighted by Crippen LogP contribution is -2.29. The van der Waals surface area contributed by atoms with E-state index in [9.17, 15) is 14.7 Å².